The molecule has 0 bridgehead atoms. The van der Waals surface area contributed by atoms with E-state index in [0.29, 0.717) is 17.3 Å². The molecule has 0 aromatic heterocycles. The molecular weight excluding hydrogens is 300 g/mol. The Labute approximate surface area is 114 Å². The first-order valence-electron chi connectivity index (χ1n) is 5.20. The zero-order valence-corrected chi connectivity index (χ0v) is 11.4. The Balaban J connectivity index is 2.16. The predicted octanol–water partition coefficient (Wildman–Crippen LogP) is 4.30. The second kappa shape index (κ2) is 5.43. The molecule has 0 heterocycles. The van der Waals surface area contributed by atoms with E-state index in [1.165, 1.54) is 0 Å². The van der Waals surface area contributed by atoms with Crippen LogP contribution in [-0.4, -0.2) is 0 Å². The minimum atomic E-state index is 0.636. The summed E-state index contributed by atoms with van der Waals surface area (Å²) in [6.07, 6.45) is 0. The van der Waals surface area contributed by atoms with Crippen molar-refractivity contribution in [2.45, 2.75) is 6.54 Å². The van der Waals surface area contributed by atoms with E-state index in [9.17, 15) is 0 Å². The van der Waals surface area contributed by atoms with E-state index < -0.39 is 0 Å². The Bertz CT molecular complexity index is 508. The van der Waals surface area contributed by atoms with Gasteiger partial charge in [0.25, 0.3) is 0 Å². The number of hydrogen-bond donors (Lipinski definition) is 2. The van der Waals surface area contributed by atoms with Gasteiger partial charge in [0, 0.05) is 11.0 Å². The second-order valence-corrected chi connectivity index (χ2v) is 4.91. The monoisotopic (exact) mass is 310 g/mol. The van der Waals surface area contributed by atoms with Crippen LogP contribution in [0.5, 0.6) is 0 Å². The summed E-state index contributed by atoms with van der Waals surface area (Å²) >= 11 is 9.58. The smallest absolute Gasteiger partial charge is 0.0765 e. The third-order valence-corrected chi connectivity index (χ3v) is 3.55. The Morgan fingerprint density at radius 2 is 1.88 bits per heavy atom. The maximum Gasteiger partial charge on any atom is 0.0765 e. The van der Waals surface area contributed by atoms with E-state index in [0.717, 1.165) is 15.7 Å². The molecule has 0 aliphatic carbocycles. The summed E-state index contributed by atoms with van der Waals surface area (Å²) in [5.74, 6) is 0. The van der Waals surface area contributed by atoms with E-state index in [1.807, 2.05) is 42.5 Å². The molecule has 0 fully saturated rings. The highest BCUT2D eigenvalue weighted by atomic mass is 79.9. The molecule has 0 amide bonds. The highest BCUT2D eigenvalue weighted by molar-refractivity contribution is 9.10. The average Bonchev–Trinajstić information content (AvgIpc) is 2.30. The topological polar surface area (TPSA) is 38.0 Å². The van der Waals surface area contributed by atoms with Gasteiger partial charge in [0.15, 0.2) is 0 Å². The van der Waals surface area contributed by atoms with Crippen molar-refractivity contribution in [1.82, 2.24) is 0 Å². The SMILES string of the molecule is Nc1cccc(Cl)c1NCc1ccccc1Br. The number of nitrogen functional groups attached to an aromatic ring is 1. The molecule has 2 nitrogen and oxygen atoms in total. The van der Waals surface area contributed by atoms with E-state index in [1.54, 1.807) is 0 Å². The van der Waals surface area contributed by atoms with Crippen LogP contribution in [0.15, 0.2) is 46.9 Å². The van der Waals surface area contributed by atoms with Crippen molar-refractivity contribution in [2.24, 2.45) is 0 Å². The summed E-state index contributed by atoms with van der Waals surface area (Å²) in [6, 6.07) is 13.5. The number of nitrogens with two attached hydrogens (primary N) is 1. The second-order valence-electron chi connectivity index (χ2n) is 3.65. The van der Waals surface area contributed by atoms with Crippen LogP contribution in [0.4, 0.5) is 11.4 Å². The molecule has 2 aromatic rings. The summed E-state index contributed by atoms with van der Waals surface area (Å²) < 4.78 is 1.07. The van der Waals surface area contributed by atoms with Gasteiger partial charge >= 0.3 is 0 Å². The fraction of sp³-hybridized carbons (Fsp3) is 0.0769. The van der Waals surface area contributed by atoms with Crippen molar-refractivity contribution in [1.29, 1.82) is 0 Å². The van der Waals surface area contributed by atoms with Gasteiger partial charge in [-0.1, -0.05) is 51.8 Å². The van der Waals surface area contributed by atoms with Crippen LogP contribution in [0.1, 0.15) is 5.56 Å². The van der Waals surface area contributed by atoms with Crippen molar-refractivity contribution < 1.29 is 0 Å². The van der Waals surface area contributed by atoms with Crippen molar-refractivity contribution in [2.75, 3.05) is 11.1 Å². The Kier molecular flexibility index (Phi) is 3.92. The van der Waals surface area contributed by atoms with Crippen LogP contribution in [0, 0.1) is 0 Å². The van der Waals surface area contributed by atoms with Crippen LogP contribution >= 0.6 is 27.5 Å². The van der Waals surface area contributed by atoms with Crippen LogP contribution in [-0.2, 0) is 6.54 Å². The molecule has 0 aliphatic rings. The molecule has 17 heavy (non-hydrogen) atoms. The molecule has 0 aliphatic heterocycles. The molecule has 0 atom stereocenters. The Hall–Kier alpha value is -1.19. The quantitative estimate of drug-likeness (QED) is 0.830. The number of anilines is 2. The lowest BCUT2D eigenvalue weighted by Gasteiger charge is -2.11. The first kappa shape index (κ1) is 12.3. The van der Waals surface area contributed by atoms with E-state index >= 15 is 0 Å². The maximum absolute atomic E-state index is 6.08. The van der Waals surface area contributed by atoms with Gasteiger partial charge in [0.1, 0.15) is 0 Å². The minimum Gasteiger partial charge on any atom is -0.397 e. The highest BCUT2D eigenvalue weighted by Crippen LogP contribution is 2.28. The molecule has 88 valence electrons. The van der Waals surface area contributed by atoms with E-state index in [4.69, 9.17) is 17.3 Å². The zero-order valence-electron chi connectivity index (χ0n) is 9.08. The molecule has 0 saturated carbocycles. The number of nitrogens with one attached hydrogen (secondary N) is 1. The molecule has 0 saturated heterocycles. The van der Waals surface area contributed by atoms with Crippen LogP contribution in [0.3, 0.4) is 0 Å². The maximum atomic E-state index is 6.08. The van der Waals surface area contributed by atoms with Gasteiger partial charge < -0.3 is 11.1 Å². The van der Waals surface area contributed by atoms with Gasteiger partial charge in [-0.2, -0.15) is 0 Å². The Morgan fingerprint density at radius 3 is 2.59 bits per heavy atom. The summed E-state index contributed by atoms with van der Waals surface area (Å²) in [6.45, 7) is 0.676. The highest BCUT2D eigenvalue weighted by Gasteiger charge is 2.04. The van der Waals surface area contributed by atoms with Crippen LogP contribution < -0.4 is 11.1 Å². The Morgan fingerprint density at radius 1 is 1.12 bits per heavy atom. The standard InChI is InChI=1S/C13H12BrClN2/c14-10-5-2-1-4-9(10)8-17-13-11(15)6-3-7-12(13)16/h1-7,17H,8,16H2. The lowest BCUT2D eigenvalue weighted by Crippen LogP contribution is -2.03. The molecule has 2 rings (SSSR count). The number of halogens is 2. The summed E-state index contributed by atoms with van der Waals surface area (Å²) in [4.78, 5) is 0. The van der Waals surface area contributed by atoms with Gasteiger partial charge in [-0.3, -0.25) is 0 Å². The number of para-hydroxylation sites is 1. The fourth-order valence-electron chi connectivity index (χ4n) is 1.55. The van der Waals surface area contributed by atoms with Crippen LogP contribution in [0.25, 0.3) is 0 Å². The summed E-state index contributed by atoms with van der Waals surface area (Å²) in [7, 11) is 0. The normalized spacial score (nSPS) is 10.2. The zero-order chi connectivity index (χ0) is 12.3. The lowest BCUT2D eigenvalue weighted by atomic mass is 10.2. The van der Waals surface area contributed by atoms with Gasteiger partial charge in [-0.25, -0.2) is 0 Å². The molecular formula is C13H12BrClN2. The molecule has 0 spiro atoms. The van der Waals surface area contributed by atoms with Crippen molar-refractivity contribution in [3.05, 3.63) is 57.5 Å². The summed E-state index contributed by atoms with van der Waals surface area (Å²) in [5.41, 5.74) is 8.46. The van der Waals surface area contributed by atoms with E-state index in [-0.39, 0.29) is 0 Å². The van der Waals surface area contributed by atoms with E-state index in [2.05, 4.69) is 21.2 Å². The van der Waals surface area contributed by atoms with Crippen molar-refractivity contribution in [3.8, 4) is 0 Å². The van der Waals surface area contributed by atoms with Crippen LogP contribution in [0.2, 0.25) is 5.02 Å². The van der Waals surface area contributed by atoms with Gasteiger partial charge in [0.2, 0.25) is 0 Å². The molecule has 0 unspecified atom stereocenters. The first-order valence-corrected chi connectivity index (χ1v) is 6.37. The first-order chi connectivity index (χ1) is 8.18. The van der Waals surface area contributed by atoms with Crippen molar-refractivity contribution >= 4 is 38.9 Å². The third-order valence-electron chi connectivity index (χ3n) is 2.46. The number of benzene rings is 2. The van der Waals surface area contributed by atoms with Gasteiger partial charge in [-0.15, -0.1) is 0 Å². The fourth-order valence-corrected chi connectivity index (χ4v) is 2.23. The van der Waals surface area contributed by atoms with Crippen molar-refractivity contribution in [3.63, 3.8) is 0 Å². The molecule has 2 aromatic carbocycles. The molecule has 3 N–H and O–H groups in total. The summed E-state index contributed by atoms with van der Waals surface area (Å²) in [5, 5.41) is 3.89. The molecule has 0 radical (unpaired) electrons. The average molecular weight is 312 g/mol. The minimum absolute atomic E-state index is 0.636. The van der Waals surface area contributed by atoms with Gasteiger partial charge in [0.05, 0.1) is 16.4 Å². The largest absolute Gasteiger partial charge is 0.397 e. The lowest BCUT2D eigenvalue weighted by molar-refractivity contribution is 1.14. The number of rotatable bonds is 3. The third kappa shape index (κ3) is 2.93. The predicted molar refractivity (Wildman–Crippen MR) is 77.3 cm³/mol. The number of hydrogen-bond acceptors (Lipinski definition) is 2. The molecule has 4 heteroatoms. The van der Waals surface area contributed by atoms with Gasteiger partial charge in [-0.05, 0) is 23.8 Å².